The van der Waals surface area contributed by atoms with Crippen LogP contribution in [0.5, 0.6) is 0 Å². The van der Waals surface area contributed by atoms with E-state index < -0.39 is 0 Å². The van der Waals surface area contributed by atoms with E-state index in [0.29, 0.717) is 11.6 Å². The van der Waals surface area contributed by atoms with Gasteiger partial charge in [-0.25, -0.2) is 0 Å². The third-order valence-electron chi connectivity index (χ3n) is 2.51. The molecule has 2 rings (SSSR count). The highest BCUT2D eigenvalue weighted by molar-refractivity contribution is 5.75. The van der Waals surface area contributed by atoms with Crippen LogP contribution >= 0.6 is 0 Å². The van der Waals surface area contributed by atoms with Gasteiger partial charge in [0.25, 0.3) is 0 Å². The molecular formula is C12H14N4. The van der Waals surface area contributed by atoms with E-state index in [-0.39, 0.29) is 0 Å². The van der Waals surface area contributed by atoms with E-state index in [2.05, 4.69) is 29.3 Å². The molecule has 0 aliphatic carbocycles. The number of nitrogens with zero attached hydrogens (tertiary/aromatic N) is 2. The zero-order valence-corrected chi connectivity index (χ0v) is 9.14. The van der Waals surface area contributed by atoms with Gasteiger partial charge in [0, 0.05) is 5.56 Å². The van der Waals surface area contributed by atoms with E-state index in [9.17, 15) is 0 Å². The Morgan fingerprint density at radius 1 is 1.06 bits per heavy atom. The molecule has 0 saturated heterocycles. The zero-order chi connectivity index (χ0) is 11.5. The molecule has 0 aliphatic heterocycles. The maximum atomic E-state index is 5.76. The van der Waals surface area contributed by atoms with E-state index in [0.717, 1.165) is 17.5 Å². The molecule has 1 aromatic carbocycles. The van der Waals surface area contributed by atoms with Gasteiger partial charge in [0.1, 0.15) is 5.82 Å². The van der Waals surface area contributed by atoms with Crippen LogP contribution in [0, 0.1) is 0 Å². The van der Waals surface area contributed by atoms with Crippen LogP contribution in [0.25, 0.3) is 11.1 Å². The molecule has 0 bridgehead atoms. The Kier molecular flexibility index (Phi) is 2.72. The minimum atomic E-state index is 0.378. The van der Waals surface area contributed by atoms with E-state index in [1.54, 1.807) is 6.07 Å². The van der Waals surface area contributed by atoms with Crippen molar-refractivity contribution < 1.29 is 0 Å². The van der Waals surface area contributed by atoms with Gasteiger partial charge >= 0.3 is 0 Å². The number of hydrogen-bond donors (Lipinski definition) is 2. The van der Waals surface area contributed by atoms with Crippen molar-refractivity contribution >= 4 is 11.6 Å². The van der Waals surface area contributed by atoms with Crippen LogP contribution < -0.4 is 11.5 Å². The lowest BCUT2D eigenvalue weighted by Crippen LogP contribution is -2.00. The first kappa shape index (κ1) is 10.4. The number of nitrogen functional groups attached to an aromatic ring is 2. The quantitative estimate of drug-likeness (QED) is 0.800. The largest absolute Gasteiger partial charge is 0.382 e. The van der Waals surface area contributed by atoms with Crippen molar-refractivity contribution in [2.45, 2.75) is 13.3 Å². The Hall–Kier alpha value is -2.10. The number of anilines is 2. The highest BCUT2D eigenvalue weighted by Crippen LogP contribution is 2.25. The van der Waals surface area contributed by atoms with E-state index in [1.807, 2.05) is 12.1 Å². The molecule has 0 saturated carbocycles. The summed E-state index contributed by atoms with van der Waals surface area (Å²) in [6, 6.07) is 9.93. The molecule has 2 aromatic rings. The summed E-state index contributed by atoms with van der Waals surface area (Å²) in [5.41, 5.74) is 14.5. The molecule has 0 radical (unpaired) electrons. The number of rotatable bonds is 2. The molecule has 82 valence electrons. The van der Waals surface area contributed by atoms with Gasteiger partial charge in [0.05, 0.1) is 0 Å². The summed E-state index contributed by atoms with van der Waals surface area (Å²) >= 11 is 0. The first-order valence-electron chi connectivity index (χ1n) is 5.18. The summed E-state index contributed by atoms with van der Waals surface area (Å²) in [5.74, 6) is 0.780. The lowest BCUT2D eigenvalue weighted by atomic mass is 10.0. The van der Waals surface area contributed by atoms with Crippen LogP contribution in [0.3, 0.4) is 0 Å². The summed E-state index contributed by atoms with van der Waals surface area (Å²) in [4.78, 5) is 0. The SMILES string of the molecule is CCc1ccc(-c2cc(N)nnc2N)cc1. The van der Waals surface area contributed by atoms with Crippen molar-refractivity contribution in [3.63, 3.8) is 0 Å². The number of benzene rings is 1. The highest BCUT2D eigenvalue weighted by atomic mass is 15.2. The molecule has 16 heavy (non-hydrogen) atoms. The third-order valence-corrected chi connectivity index (χ3v) is 2.51. The minimum Gasteiger partial charge on any atom is -0.382 e. The number of nitrogens with two attached hydrogens (primary N) is 2. The van der Waals surface area contributed by atoms with Crippen molar-refractivity contribution in [3.05, 3.63) is 35.9 Å². The second-order valence-corrected chi connectivity index (χ2v) is 3.62. The summed E-state index contributed by atoms with van der Waals surface area (Å²) in [5, 5.41) is 7.50. The molecule has 0 spiro atoms. The normalized spacial score (nSPS) is 10.3. The second-order valence-electron chi connectivity index (χ2n) is 3.62. The highest BCUT2D eigenvalue weighted by Gasteiger charge is 2.05. The summed E-state index contributed by atoms with van der Waals surface area (Å²) in [7, 11) is 0. The molecule has 4 N–H and O–H groups in total. The first-order valence-corrected chi connectivity index (χ1v) is 5.18. The average Bonchev–Trinajstić information content (AvgIpc) is 2.32. The van der Waals surface area contributed by atoms with Crippen LogP contribution in [0.2, 0.25) is 0 Å². The fourth-order valence-corrected chi connectivity index (χ4v) is 1.57. The smallest absolute Gasteiger partial charge is 0.154 e. The second kappa shape index (κ2) is 4.18. The molecule has 4 nitrogen and oxygen atoms in total. The van der Waals surface area contributed by atoms with Gasteiger partial charge in [0.2, 0.25) is 0 Å². The Morgan fingerprint density at radius 3 is 2.38 bits per heavy atom. The van der Waals surface area contributed by atoms with E-state index >= 15 is 0 Å². The first-order chi connectivity index (χ1) is 7.70. The zero-order valence-electron chi connectivity index (χ0n) is 9.14. The Morgan fingerprint density at radius 2 is 1.75 bits per heavy atom. The summed E-state index contributed by atoms with van der Waals surface area (Å²) < 4.78 is 0. The van der Waals surface area contributed by atoms with Crippen molar-refractivity contribution in [1.82, 2.24) is 10.2 Å². The molecule has 0 fully saturated rings. The van der Waals surface area contributed by atoms with Crippen molar-refractivity contribution in [2.75, 3.05) is 11.5 Å². The van der Waals surface area contributed by atoms with Crippen LogP contribution in [0.4, 0.5) is 11.6 Å². The maximum absolute atomic E-state index is 5.76. The standard InChI is InChI=1S/C12H14N4/c1-2-8-3-5-9(6-4-8)10-7-11(13)15-16-12(10)14/h3-7H,2H2,1H3,(H2,13,15)(H2,14,16). The molecule has 0 amide bonds. The van der Waals surface area contributed by atoms with Gasteiger partial charge in [-0.2, -0.15) is 0 Å². The van der Waals surface area contributed by atoms with Gasteiger partial charge in [-0.3, -0.25) is 0 Å². The topological polar surface area (TPSA) is 77.8 Å². The molecular weight excluding hydrogens is 200 g/mol. The number of aryl methyl sites for hydroxylation is 1. The van der Waals surface area contributed by atoms with Crippen LogP contribution in [-0.4, -0.2) is 10.2 Å². The minimum absolute atomic E-state index is 0.378. The van der Waals surface area contributed by atoms with Crippen molar-refractivity contribution in [1.29, 1.82) is 0 Å². The Balaban J connectivity index is 2.45. The molecule has 1 aromatic heterocycles. The lowest BCUT2D eigenvalue weighted by molar-refractivity contribution is 1.05. The van der Waals surface area contributed by atoms with Crippen molar-refractivity contribution in [2.24, 2.45) is 0 Å². The van der Waals surface area contributed by atoms with Crippen LogP contribution in [-0.2, 0) is 6.42 Å². The van der Waals surface area contributed by atoms with Gasteiger partial charge in [-0.15, -0.1) is 10.2 Å². The van der Waals surface area contributed by atoms with Gasteiger partial charge < -0.3 is 11.5 Å². The fraction of sp³-hybridized carbons (Fsp3) is 0.167. The van der Waals surface area contributed by atoms with Gasteiger partial charge in [-0.1, -0.05) is 31.2 Å². The Labute approximate surface area is 94.3 Å². The van der Waals surface area contributed by atoms with Crippen molar-refractivity contribution in [3.8, 4) is 11.1 Å². The predicted octanol–water partition coefficient (Wildman–Crippen LogP) is 1.87. The maximum Gasteiger partial charge on any atom is 0.154 e. The number of aromatic nitrogens is 2. The summed E-state index contributed by atoms with van der Waals surface area (Å²) in [6.07, 6.45) is 1.02. The molecule has 0 aliphatic rings. The molecule has 0 unspecified atom stereocenters. The monoisotopic (exact) mass is 214 g/mol. The average molecular weight is 214 g/mol. The number of hydrogen-bond acceptors (Lipinski definition) is 4. The van der Waals surface area contributed by atoms with Gasteiger partial charge in [-0.05, 0) is 23.6 Å². The van der Waals surface area contributed by atoms with E-state index in [4.69, 9.17) is 11.5 Å². The fourth-order valence-electron chi connectivity index (χ4n) is 1.57. The predicted molar refractivity (Wildman–Crippen MR) is 65.7 cm³/mol. The van der Waals surface area contributed by atoms with Crippen LogP contribution in [0.1, 0.15) is 12.5 Å². The Bertz CT molecular complexity index is 491. The lowest BCUT2D eigenvalue weighted by Gasteiger charge is -2.05. The molecule has 1 heterocycles. The van der Waals surface area contributed by atoms with E-state index in [1.165, 1.54) is 5.56 Å². The molecule has 0 atom stereocenters. The van der Waals surface area contributed by atoms with Gasteiger partial charge in [0.15, 0.2) is 5.82 Å². The molecule has 4 heteroatoms. The summed E-state index contributed by atoms with van der Waals surface area (Å²) in [6.45, 7) is 2.12. The third kappa shape index (κ3) is 1.95. The van der Waals surface area contributed by atoms with Crippen LogP contribution in [0.15, 0.2) is 30.3 Å².